The molecule has 0 aromatic carbocycles. The predicted octanol–water partition coefficient (Wildman–Crippen LogP) is 1.98. The molecule has 0 N–H and O–H groups in total. The Hall–Kier alpha value is -2.02. The molecule has 3 rings (SSSR count). The van der Waals surface area contributed by atoms with Gasteiger partial charge in [-0.15, -0.1) is 0 Å². The van der Waals surface area contributed by atoms with Crippen LogP contribution in [0.25, 0.3) is 6.08 Å². The number of hydrogen-bond donors (Lipinski definition) is 0. The van der Waals surface area contributed by atoms with Crippen molar-refractivity contribution >= 4 is 34.9 Å². The van der Waals surface area contributed by atoms with E-state index in [1.807, 2.05) is 0 Å². The maximum Gasteiger partial charge on any atom is 0.289 e. The van der Waals surface area contributed by atoms with Crippen LogP contribution in [0.5, 0.6) is 0 Å². The molecule has 2 saturated heterocycles. The van der Waals surface area contributed by atoms with Gasteiger partial charge in [0, 0.05) is 25.2 Å². The summed E-state index contributed by atoms with van der Waals surface area (Å²) in [4.78, 5) is 38.6. The van der Waals surface area contributed by atoms with Crippen molar-refractivity contribution in [3.8, 4) is 0 Å². The normalized spacial score (nSPS) is 20.4. The van der Waals surface area contributed by atoms with E-state index in [4.69, 9.17) is 4.42 Å². The number of hydrogen-bond acceptors (Lipinski definition) is 5. The predicted molar refractivity (Wildman–Crippen MR) is 82.0 cm³/mol. The highest BCUT2D eigenvalue weighted by Gasteiger charge is 2.37. The number of furan rings is 1. The summed E-state index contributed by atoms with van der Waals surface area (Å²) in [5, 5.41) is -0.160. The average Bonchev–Trinajstić information content (AvgIpc) is 3.15. The summed E-state index contributed by atoms with van der Waals surface area (Å²) in [6.45, 7) is 1.10. The third kappa shape index (κ3) is 3.09. The van der Waals surface area contributed by atoms with Crippen molar-refractivity contribution in [2.24, 2.45) is 0 Å². The lowest BCUT2D eigenvalue weighted by molar-refractivity contribution is -0.129. The lowest BCUT2D eigenvalue weighted by Crippen LogP contribution is -2.48. The van der Waals surface area contributed by atoms with E-state index in [1.54, 1.807) is 29.4 Å². The molecule has 22 heavy (non-hydrogen) atoms. The number of piperidine rings is 1. The number of carbonyl (C=O) groups excluding carboxylic acids is 3. The molecule has 0 saturated carbocycles. The number of amides is 3. The molecule has 6 nitrogen and oxygen atoms in total. The van der Waals surface area contributed by atoms with Crippen LogP contribution in [0.2, 0.25) is 0 Å². The number of likely N-dealkylation sites (tertiary alicyclic amines) is 1. The van der Waals surface area contributed by atoms with Gasteiger partial charge in [-0.1, -0.05) is 11.8 Å². The van der Waals surface area contributed by atoms with Gasteiger partial charge in [-0.25, -0.2) is 0 Å². The highest BCUT2D eigenvalue weighted by atomic mass is 32.2. The minimum absolute atomic E-state index is 0.0758. The highest BCUT2D eigenvalue weighted by molar-refractivity contribution is 8.14. The Bertz CT molecular complexity index is 587. The van der Waals surface area contributed by atoms with Crippen molar-refractivity contribution < 1.29 is 18.8 Å². The molecule has 3 amide bonds. The van der Waals surface area contributed by atoms with Crippen LogP contribution in [-0.4, -0.2) is 51.7 Å². The lowest BCUT2D eigenvalue weighted by atomic mass is 10.0. The monoisotopic (exact) mass is 320 g/mol. The van der Waals surface area contributed by atoms with Gasteiger partial charge in [0.15, 0.2) is 0 Å². The van der Waals surface area contributed by atoms with Crippen LogP contribution in [0.1, 0.15) is 18.6 Å². The van der Waals surface area contributed by atoms with Gasteiger partial charge >= 0.3 is 0 Å². The Morgan fingerprint density at radius 3 is 2.68 bits per heavy atom. The first-order valence-electron chi connectivity index (χ1n) is 7.14. The van der Waals surface area contributed by atoms with Crippen LogP contribution in [0, 0.1) is 0 Å². The molecule has 2 aliphatic rings. The smallest absolute Gasteiger partial charge is 0.289 e. The first kappa shape index (κ1) is 14.9. The maximum absolute atomic E-state index is 12.1. The zero-order valence-corrected chi connectivity index (χ0v) is 12.8. The Balaban J connectivity index is 1.54. The van der Waals surface area contributed by atoms with E-state index in [-0.39, 0.29) is 28.8 Å². The van der Waals surface area contributed by atoms with Crippen LogP contribution in [-0.2, 0) is 9.59 Å². The van der Waals surface area contributed by atoms with E-state index >= 15 is 0 Å². The average molecular weight is 320 g/mol. The Morgan fingerprint density at radius 1 is 1.32 bits per heavy atom. The molecule has 1 aromatic rings. The first-order chi connectivity index (χ1) is 10.6. The van der Waals surface area contributed by atoms with E-state index in [9.17, 15) is 14.4 Å². The highest BCUT2D eigenvalue weighted by Crippen LogP contribution is 2.26. The van der Waals surface area contributed by atoms with E-state index in [0.29, 0.717) is 31.7 Å². The molecule has 116 valence electrons. The van der Waals surface area contributed by atoms with Crippen molar-refractivity contribution in [1.29, 1.82) is 0 Å². The molecule has 0 radical (unpaired) electrons. The van der Waals surface area contributed by atoms with Gasteiger partial charge in [0.25, 0.3) is 5.24 Å². The largest absolute Gasteiger partial charge is 0.465 e. The standard InChI is InChI=1S/C15H16N2O4S/c18-13(4-3-12-2-1-9-21-12)16-7-5-11(6-8-16)17-14(19)10-22-15(17)20/h1-4,9,11H,5-8,10H2/b4-3+. The minimum Gasteiger partial charge on any atom is -0.465 e. The quantitative estimate of drug-likeness (QED) is 0.796. The molecular weight excluding hydrogens is 304 g/mol. The molecule has 2 aliphatic heterocycles. The van der Waals surface area contributed by atoms with Crippen molar-refractivity contribution in [3.05, 3.63) is 30.2 Å². The van der Waals surface area contributed by atoms with Gasteiger partial charge < -0.3 is 9.32 Å². The van der Waals surface area contributed by atoms with Gasteiger partial charge in [-0.2, -0.15) is 0 Å². The molecule has 0 spiro atoms. The van der Waals surface area contributed by atoms with E-state index in [1.165, 1.54) is 11.0 Å². The minimum atomic E-state index is -0.160. The molecule has 2 fully saturated rings. The van der Waals surface area contributed by atoms with Crippen LogP contribution in [0.15, 0.2) is 28.9 Å². The number of rotatable bonds is 3. The van der Waals surface area contributed by atoms with Crippen molar-refractivity contribution in [1.82, 2.24) is 9.80 Å². The second kappa shape index (κ2) is 6.39. The van der Waals surface area contributed by atoms with Gasteiger partial charge in [-0.3, -0.25) is 19.3 Å². The van der Waals surface area contributed by atoms with Crippen molar-refractivity contribution in [3.63, 3.8) is 0 Å². The Labute approximate surface area is 132 Å². The number of carbonyl (C=O) groups is 3. The van der Waals surface area contributed by atoms with Gasteiger partial charge in [0.05, 0.1) is 12.0 Å². The van der Waals surface area contributed by atoms with Crippen molar-refractivity contribution in [2.45, 2.75) is 18.9 Å². The Kier molecular flexibility index (Phi) is 4.33. The molecule has 0 unspecified atom stereocenters. The molecular formula is C15H16N2O4S. The topological polar surface area (TPSA) is 70.8 Å². The fourth-order valence-corrected chi connectivity index (χ4v) is 3.48. The summed E-state index contributed by atoms with van der Waals surface area (Å²) in [7, 11) is 0. The molecule has 1 aromatic heterocycles. The summed E-state index contributed by atoms with van der Waals surface area (Å²) in [6, 6.07) is 3.46. The summed E-state index contributed by atoms with van der Waals surface area (Å²) in [6.07, 6.45) is 5.95. The summed E-state index contributed by atoms with van der Waals surface area (Å²) >= 11 is 1.06. The molecule has 0 bridgehead atoms. The van der Waals surface area contributed by atoms with Gasteiger partial charge in [0.2, 0.25) is 11.8 Å². The maximum atomic E-state index is 12.1. The number of imide groups is 1. The second-order valence-electron chi connectivity index (χ2n) is 5.22. The first-order valence-corrected chi connectivity index (χ1v) is 8.13. The summed E-state index contributed by atoms with van der Waals surface area (Å²) < 4.78 is 5.14. The van der Waals surface area contributed by atoms with Crippen LogP contribution in [0.4, 0.5) is 4.79 Å². The molecule has 3 heterocycles. The molecule has 0 atom stereocenters. The Morgan fingerprint density at radius 2 is 2.09 bits per heavy atom. The molecule has 7 heteroatoms. The lowest BCUT2D eigenvalue weighted by Gasteiger charge is -2.34. The summed E-state index contributed by atoms with van der Waals surface area (Å²) in [5.41, 5.74) is 0. The summed E-state index contributed by atoms with van der Waals surface area (Å²) in [5.74, 6) is 0.679. The third-order valence-corrected chi connectivity index (χ3v) is 4.69. The van der Waals surface area contributed by atoms with Crippen LogP contribution in [0.3, 0.4) is 0 Å². The third-order valence-electron chi connectivity index (χ3n) is 3.86. The van der Waals surface area contributed by atoms with E-state index in [0.717, 1.165) is 11.8 Å². The number of thioether (sulfide) groups is 1. The zero-order valence-electron chi connectivity index (χ0n) is 11.9. The van der Waals surface area contributed by atoms with E-state index in [2.05, 4.69) is 0 Å². The zero-order chi connectivity index (χ0) is 15.5. The SMILES string of the molecule is O=C(/C=C/c1ccco1)N1CCC(N2C(=O)CSC2=O)CC1. The van der Waals surface area contributed by atoms with Crippen molar-refractivity contribution in [2.75, 3.05) is 18.8 Å². The second-order valence-corrected chi connectivity index (χ2v) is 6.15. The number of nitrogens with zero attached hydrogens (tertiary/aromatic N) is 2. The fraction of sp³-hybridized carbons (Fsp3) is 0.400. The fourth-order valence-electron chi connectivity index (χ4n) is 2.71. The van der Waals surface area contributed by atoms with Gasteiger partial charge in [0.1, 0.15) is 5.76 Å². The van der Waals surface area contributed by atoms with E-state index < -0.39 is 0 Å². The molecule has 0 aliphatic carbocycles. The van der Waals surface area contributed by atoms with Crippen LogP contribution < -0.4 is 0 Å². The van der Waals surface area contributed by atoms with Gasteiger partial charge in [-0.05, 0) is 31.1 Å². The van der Waals surface area contributed by atoms with Crippen LogP contribution >= 0.6 is 11.8 Å².